The van der Waals surface area contributed by atoms with Crippen molar-refractivity contribution in [3.05, 3.63) is 48.0 Å². The Bertz CT molecular complexity index is 555. The minimum Gasteiger partial charge on any atom is -0.457 e. The molecule has 3 heteroatoms. The van der Waals surface area contributed by atoms with Crippen molar-refractivity contribution < 1.29 is 4.42 Å². The monoisotopic (exact) mass is 270 g/mol. The number of hydrogen-bond acceptors (Lipinski definition) is 3. The highest BCUT2D eigenvalue weighted by Crippen LogP contribution is 2.22. The van der Waals surface area contributed by atoms with Gasteiger partial charge in [0.15, 0.2) is 0 Å². The quantitative estimate of drug-likeness (QED) is 0.857. The van der Waals surface area contributed by atoms with E-state index in [1.807, 2.05) is 30.5 Å². The number of nitrogens with zero attached hydrogens (tertiary/aromatic N) is 1. The van der Waals surface area contributed by atoms with Gasteiger partial charge in [0.2, 0.25) is 0 Å². The molecule has 2 aromatic heterocycles. The summed E-state index contributed by atoms with van der Waals surface area (Å²) in [4.78, 5) is 4.11. The summed E-state index contributed by atoms with van der Waals surface area (Å²) in [5, 5.41) is 3.44. The highest BCUT2D eigenvalue weighted by atomic mass is 16.3. The van der Waals surface area contributed by atoms with Crippen LogP contribution in [0.5, 0.6) is 0 Å². The topological polar surface area (TPSA) is 38.1 Å². The molecule has 0 aromatic carbocycles. The van der Waals surface area contributed by atoms with E-state index < -0.39 is 0 Å². The van der Waals surface area contributed by atoms with Crippen molar-refractivity contribution in [2.75, 3.05) is 6.54 Å². The van der Waals surface area contributed by atoms with Crippen LogP contribution in [0.3, 0.4) is 0 Å². The van der Waals surface area contributed by atoms with Gasteiger partial charge < -0.3 is 9.73 Å². The van der Waals surface area contributed by atoms with Gasteiger partial charge in [0.1, 0.15) is 11.5 Å². The molecule has 2 heterocycles. The van der Waals surface area contributed by atoms with Gasteiger partial charge >= 0.3 is 0 Å². The zero-order chi connectivity index (χ0) is 14.4. The van der Waals surface area contributed by atoms with Gasteiger partial charge in [-0.15, -0.1) is 0 Å². The van der Waals surface area contributed by atoms with Gasteiger partial charge in [-0.2, -0.15) is 0 Å². The first-order valence-electron chi connectivity index (χ1n) is 7.12. The molecule has 0 saturated carbocycles. The van der Waals surface area contributed by atoms with E-state index in [0.29, 0.717) is 6.04 Å². The summed E-state index contributed by atoms with van der Waals surface area (Å²) in [5.74, 6) is 1.75. The van der Waals surface area contributed by atoms with Crippen molar-refractivity contribution in [3.8, 4) is 11.3 Å². The van der Waals surface area contributed by atoms with Crippen LogP contribution in [0.1, 0.15) is 33.0 Å². The van der Waals surface area contributed by atoms with Crippen LogP contribution in [-0.2, 0) is 0 Å². The summed E-state index contributed by atoms with van der Waals surface area (Å²) in [7, 11) is 0. The fourth-order valence-corrected chi connectivity index (χ4v) is 1.91. The fraction of sp³-hybridized carbons (Fsp3) is 0.353. The van der Waals surface area contributed by atoms with Crippen molar-refractivity contribution in [2.24, 2.45) is 0 Å². The minimum atomic E-state index is 0.493. The largest absolute Gasteiger partial charge is 0.457 e. The predicted octanol–water partition coefficient (Wildman–Crippen LogP) is 4.13. The van der Waals surface area contributed by atoms with Gasteiger partial charge in [-0.3, -0.25) is 4.98 Å². The van der Waals surface area contributed by atoms with E-state index in [0.717, 1.165) is 30.0 Å². The van der Waals surface area contributed by atoms with Gasteiger partial charge in [-0.05, 0) is 36.8 Å². The lowest BCUT2D eigenvalue weighted by Gasteiger charge is -2.09. The lowest BCUT2D eigenvalue weighted by molar-refractivity contribution is 0.569. The number of pyridine rings is 1. The van der Waals surface area contributed by atoms with Crippen molar-refractivity contribution in [2.45, 2.75) is 33.2 Å². The molecule has 2 rings (SSSR count). The standard InChI is InChI=1S/C17H22N2O/c1-4-14(11-19-13(2)3)10-16-7-8-17(20-16)15-6-5-9-18-12-15/h5-10,12-13,19H,4,11H2,1-3H3. The third kappa shape index (κ3) is 4.07. The third-order valence-corrected chi connectivity index (χ3v) is 3.11. The molecule has 1 N–H and O–H groups in total. The Morgan fingerprint density at radius 2 is 2.20 bits per heavy atom. The Morgan fingerprint density at radius 1 is 1.35 bits per heavy atom. The summed E-state index contributed by atoms with van der Waals surface area (Å²) < 4.78 is 5.86. The minimum absolute atomic E-state index is 0.493. The first-order valence-corrected chi connectivity index (χ1v) is 7.12. The Labute approximate surface area is 120 Å². The van der Waals surface area contributed by atoms with E-state index in [1.54, 1.807) is 6.20 Å². The predicted molar refractivity (Wildman–Crippen MR) is 83.3 cm³/mol. The maximum atomic E-state index is 5.86. The zero-order valence-electron chi connectivity index (χ0n) is 12.4. The first kappa shape index (κ1) is 14.5. The van der Waals surface area contributed by atoms with E-state index in [9.17, 15) is 0 Å². The van der Waals surface area contributed by atoms with Crippen LogP contribution in [0.2, 0.25) is 0 Å². The highest BCUT2D eigenvalue weighted by molar-refractivity contribution is 5.59. The van der Waals surface area contributed by atoms with Crippen molar-refractivity contribution in [3.63, 3.8) is 0 Å². The summed E-state index contributed by atoms with van der Waals surface area (Å²) in [5.41, 5.74) is 2.34. The molecule has 0 aliphatic rings. The van der Waals surface area contributed by atoms with E-state index in [2.05, 4.69) is 37.1 Å². The lowest BCUT2D eigenvalue weighted by atomic mass is 10.1. The molecule has 0 aliphatic carbocycles. The molecule has 106 valence electrons. The van der Waals surface area contributed by atoms with E-state index >= 15 is 0 Å². The Hall–Kier alpha value is -1.87. The fourth-order valence-electron chi connectivity index (χ4n) is 1.91. The van der Waals surface area contributed by atoms with Gasteiger partial charge in [0, 0.05) is 30.5 Å². The maximum Gasteiger partial charge on any atom is 0.136 e. The van der Waals surface area contributed by atoms with E-state index in [1.165, 1.54) is 5.57 Å². The van der Waals surface area contributed by atoms with Crippen molar-refractivity contribution in [1.82, 2.24) is 10.3 Å². The Balaban J connectivity index is 2.11. The highest BCUT2D eigenvalue weighted by Gasteiger charge is 2.04. The summed E-state index contributed by atoms with van der Waals surface area (Å²) in [6.07, 6.45) is 6.71. The van der Waals surface area contributed by atoms with Crippen LogP contribution in [0, 0.1) is 0 Å². The summed E-state index contributed by atoms with van der Waals surface area (Å²) in [6, 6.07) is 8.41. The third-order valence-electron chi connectivity index (χ3n) is 3.11. The van der Waals surface area contributed by atoms with Crippen molar-refractivity contribution in [1.29, 1.82) is 0 Å². The molecule has 0 atom stereocenters. The van der Waals surface area contributed by atoms with Crippen LogP contribution in [0.15, 0.2) is 46.6 Å². The number of furan rings is 1. The van der Waals surface area contributed by atoms with Crippen LogP contribution in [0.25, 0.3) is 17.4 Å². The van der Waals surface area contributed by atoms with Gasteiger partial charge in [0.05, 0.1) is 0 Å². The van der Waals surface area contributed by atoms with Crippen LogP contribution >= 0.6 is 0 Å². The normalized spacial score (nSPS) is 12.1. The van der Waals surface area contributed by atoms with Gasteiger partial charge in [-0.25, -0.2) is 0 Å². The van der Waals surface area contributed by atoms with E-state index in [-0.39, 0.29) is 0 Å². The van der Waals surface area contributed by atoms with Crippen LogP contribution in [-0.4, -0.2) is 17.6 Å². The van der Waals surface area contributed by atoms with Crippen LogP contribution < -0.4 is 5.32 Å². The maximum absolute atomic E-state index is 5.86. The molecule has 0 aliphatic heterocycles. The van der Waals surface area contributed by atoms with Crippen LogP contribution in [0.4, 0.5) is 0 Å². The second kappa shape index (κ2) is 7.06. The molecule has 20 heavy (non-hydrogen) atoms. The molecule has 3 nitrogen and oxygen atoms in total. The number of rotatable bonds is 6. The smallest absolute Gasteiger partial charge is 0.136 e. The lowest BCUT2D eigenvalue weighted by Crippen LogP contribution is -2.24. The zero-order valence-corrected chi connectivity index (χ0v) is 12.4. The Morgan fingerprint density at radius 3 is 2.85 bits per heavy atom. The molecule has 0 unspecified atom stereocenters. The molecule has 0 radical (unpaired) electrons. The molecule has 0 saturated heterocycles. The summed E-state index contributed by atoms with van der Waals surface area (Å²) in [6.45, 7) is 7.37. The van der Waals surface area contributed by atoms with E-state index in [4.69, 9.17) is 4.42 Å². The summed E-state index contributed by atoms with van der Waals surface area (Å²) >= 11 is 0. The number of hydrogen-bond donors (Lipinski definition) is 1. The number of aromatic nitrogens is 1. The second-order valence-corrected chi connectivity index (χ2v) is 5.14. The molecule has 0 spiro atoms. The molecule has 0 amide bonds. The SMILES string of the molecule is CCC(=Cc1ccc(-c2cccnc2)o1)CNC(C)C. The first-order chi connectivity index (χ1) is 9.69. The average molecular weight is 270 g/mol. The van der Waals surface area contributed by atoms with Gasteiger partial charge in [0.25, 0.3) is 0 Å². The Kier molecular flexibility index (Phi) is 5.13. The van der Waals surface area contributed by atoms with Gasteiger partial charge in [-0.1, -0.05) is 26.3 Å². The number of nitrogens with one attached hydrogen (secondary N) is 1. The van der Waals surface area contributed by atoms with Crippen molar-refractivity contribution >= 4 is 6.08 Å². The average Bonchev–Trinajstić information content (AvgIpc) is 2.92. The molecular weight excluding hydrogens is 248 g/mol. The molecule has 2 aromatic rings. The molecule has 0 bridgehead atoms. The second-order valence-electron chi connectivity index (χ2n) is 5.14. The molecule has 0 fully saturated rings. The molecular formula is C17H22N2O.